The molecule has 3 N–H and O–H groups in total. The van der Waals surface area contributed by atoms with E-state index in [1.54, 1.807) is 42.6 Å². The summed E-state index contributed by atoms with van der Waals surface area (Å²) in [5.74, 6) is 5.31. The van der Waals surface area contributed by atoms with Crippen LogP contribution in [0.25, 0.3) is 0 Å². The molecular formula is C15H12ClN3O. The number of hydrogen-bond donors (Lipinski definition) is 2. The third kappa shape index (κ3) is 3.58. The van der Waals surface area contributed by atoms with Gasteiger partial charge in [0.15, 0.2) is 0 Å². The van der Waals surface area contributed by atoms with Gasteiger partial charge in [0.25, 0.3) is 5.91 Å². The van der Waals surface area contributed by atoms with Crippen LogP contribution in [0.15, 0.2) is 42.6 Å². The molecule has 1 aromatic carbocycles. The Morgan fingerprint density at radius 1 is 1.35 bits per heavy atom. The Balaban J connectivity index is 2.22. The van der Waals surface area contributed by atoms with Gasteiger partial charge in [-0.05, 0) is 30.3 Å². The van der Waals surface area contributed by atoms with Gasteiger partial charge in [-0.3, -0.25) is 9.78 Å². The number of carbonyl (C=O) groups is 1. The lowest BCUT2D eigenvalue weighted by molar-refractivity contribution is 0.102. The molecular weight excluding hydrogens is 274 g/mol. The predicted molar refractivity (Wildman–Crippen MR) is 79.6 cm³/mol. The first-order valence-electron chi connectivity index (χ1n) is 5.91. The van der Waals surface area contributed by atoms with Gasteiger partial charge in [-0.2, -0.15) is 0 Å². The van der Waals surface area contributed by atoms with Crippen LogP contribution in [0.3, 0.4) is 0 Å². The Hall–Kier alpha value is -2.35. The van der Waals surface area contributed by atoms with Crippen LogP contribution in [0.2, 0.25) is 5.02 Å². The minimum atomic E-state index is -0.323. The van der Waals surface area contributed by atoms with E-state index in [1.807, 2.05) is 0 Å². The molecule has 0 saturated heterocycles. The van der Waals surface area contributed by atoms with Crippen molar-refractivity contribution in [3.05, 3.63) is 58.9 Å². The van der Waals surface area contributed by atoms with E-state index in [0.29, 0.717) is 16.4 Å². The second kappa shape index (κ2) is 6.71. The number of nitrogens with two attached hydrogens (primary N) is 1. The van der Waals surface area contributed by atoms with E-state index >= 15 is 0 Å². The lowest BCUT2D eigenvalue weighted by Gasteiger charge is -2.07. The van der Waals surface area contributed by atoms with Gasteiger partial charge in [0.1, 0.15) is 5.69 Å². The molecule has 0 fully saturated rings. The maximum absolute atomic E-state index is 12.0. The monoisotopic (exact) mass is 285 g/mol. The van der Waals surface area contributed by atoms with Crippen molar-refractivity contribution in [2.45, 2.75) is 0 Å². The summed E-state index contributed by atoms with van der Waals surface area (Å²) in [5.41, 5.74) is 6.87. The average Bonchev–Trinajstić information content (AvgIpc) is 2.49. The van der Waals surface area contributed by atoms with E-state index in [2.05, 4.69) is 22.1 Å². The zero-order valence-corrected chi connectivity index (χ0v) is 11.3. The highest BCUT2D eigenvalue weighted by atomic mass is 35.5. The van der Waals surface area contributed by atoms with Crippen LogP contribution in [0.5, 0.6) is 0 Å². The van der Waals surface area contributed by atoms with Crippen molar-refractivity contribution in [1.29, 1.82) is 0 Å². The number of nitrogens with one attached hydrogen (secondary N) is 1. The average molecular weight is 286 g/mol. The van der Waals surface area contributed by atoms with E-state index in [1.165, 1.54) is 0 Å². The van der Waals surface area contributed by atoms with Gasteiger partial charge in [0.2, 0.25) is 0 Å². The van der Waals surface area contributed by atoms with Gasteiger partial charge in [0, 0.05) is 11.8 Å². The van der Waals surface area contributed by atoms with Crippen LogP contribution in [-0.4, -0.2) is 17.4 Å². The molecule has 20 heavy (non-hydrogen) atoms. The number of nitrogens with zero attached hydrogens (tertiary/aromatic N) is 1. The van der Waals surface area contributed by atoms with Crippen molar-refractivity contribution >= 4 is 23.2 Å². The summed E-state index contributed by atoms with van der Waals surface area (Å²) in [7, 11) is 0. The first-order chi connectivity index (χ1) is 9.70. The van der Waals surface area contributed by atoms with Gasteiger partial charge in [0.05, 0.1) is 17.3 Å². The molecule has 0 atom stereocenters. The van der Waals surface area contributed by atoms with Crippen molar-refractivity contribution in [3.8, 4) is 11.8 Å². The summed E-state index contributed by atoms with van der Waals surface area (Å²) < 4.78 is 0. The van der Waals surface area contributed by atoms with Crippen molar-refractivity contribution in [2.75, 3.05) is 11.9 Å². The van der Waals surface area contributed by atoms with Crippen molar-refractivity contribution in [1.82, 2.24) is 4.98 Å². The summed E-state index contributed by atoms with van der Waals surface area (Å²) in [6, 6.07) is 10.3. The van der Waals surface area contributed by atoms with E-state index in [9.17, 15) is 4.79 Å². The number of pyridine rings is 1. The minimum Gasteiger partial charge on any atom is -0.320 e. The predicted octanol–water partition coefficient (Wildman–Crippen LogP) is 2.30. The highest BCUT2D eigenvalue weighted by molar-refractivity contribution is 6.34. The molecule has 0 aliphatic rings. The van der Waals surface area contributed by atoms with Gasteiger partial charge in [-0.1, -0.05) is 29.5 Å². The molecule has 100 valence electrons. The third-order valence-electron chi connectivity index (χ3n) is 2.45. The number of hydrogen-bond acceptors (Lipinski definition) is 3. The normalized spacial score (nSPS) is 9.50. The van der Waals surface area contributed by atoms with E-state index in [0.717, 1.165) is 5.56 Å². The Morgan fingerprint density at radius 2 is 2.20 bits per heavy atom. The zero-order valence-electron chi connectivity index (χ0n) is 10.6. The van der Waals surface area contributed by atoms with Crippen LogP contribution in [-0.2, 0) is 0 Å². The van der Waals surface area contributed by atoms with Crippen LogP contribution >= 0.6 is 11.6 Å². The highest BCUT2D eigenvalue weighted by Gasteiger charge is 2.09. The van der Waals surface area contributed by atoms with Crippen molar-refractivity contribution in [2.24, 2.45) is 5.73 Å². The number of rotatable bonds is 2. The van der Waals surface area contributed by atoms with Gasteiger partial charge in [-0.25, -0.2) is 0 Å². The molecule has 0 aliphatic carbocycles. The number of benzene rings is 1. The van der Waals surface area contributed by atoms with Crippen LogP contribution in [0.4, 0.5) is 5.69 Å². The molecule has 0 aliphatic heterocycles. The molecule has 2 rings (SSSR count). The molecule has 0 saturated carbocycles. The van der Waals surface area contributed by atoms with Gasteiger partial charge >= 0.3 is 0 Å². The molecule has 1 aromatic heterocycles. The number of amides is 1. The zero-order chi connectivity index (χ0) is 14.4. The molecule has 0 radical (unpaired) electrons. The largest absolute Gasteiger partial charge is 0.320 e. The molecule has 4 nitrogen and oxygen atoms in total. The topological polar surface area (TPSA) is 68.0 Å². The van der Waals surface area contributed by atoms with Gasteiger partial charge < -0.3 is 11.1 Å². The highest BCUT2D eigenvalue weighted by Crippen LogP contribution is 2.23. The van der Waals surface area contributed by atoms with E-state index in [-0.39, 0.29) is 12.5 Å². The summed E-state index contributed by atoms with van der Waals surface area (Å²) in [6.45, 7) is 0.276. The summed E-state index contributed by atoms with van der Waals surface area (Å²) in [6.07, 6.45) is 1.56. The first kappa shape index (κ1) is 14.1. The smallest absolute Gasteiger partial charge is 0.274 e. The quantitative estimate of drug-likeness (QED) is 0.832. The minimum absolute atomic E-state index is 0.276. The third-order valence-corrected chi connectivity index (χ3v) is 2.78. The Bertz CT molecular complexity index is 675. The van der Waals surface area contributed by atoms with Gasteiger partial charge in [-0.15, -0.1) is 0 Å². The fraction of sp³-hybridized carbons (Fsp3) is 0.0667. The maximum atomic E-state index is 12.0. The number of anilines is 1. The molecule has 1 amide bonds. The van der Waals surface area contributed by atoms with Crippen molar-refractivity contribution < 1.29 is 4.79 Å². The van der Waals surface area contributed by atoms with Crippen LogP contribution in [0.1, 0.15) is 16.1 Å². The fourth-order valence-corrected chi connectivity index (χ4v) is 1.70. The summed E-state index contributed by atoms with van der Waals surface area (Å²) in [4.78, 5) is 16.0. The maximum Gasteiger partial charge on any atom is 0.274 e. The van der Waals surface area contributed by atoms with Crippen LogP contribution < -0.4 is 11.1 Å². The summed E-state index contributed by atoms with van der Waals surface area (Å²) >= 11 is 6.05. The molecule has 0 unspecified atom stereocenters. The second-order valence-corrected chi connectivity index (χ2v) is 4.28. The SMILES string of the molecule is NCC#Cc1ccc(Cl)c(NC(=O)c2ccccn2)c1. The lowest BCUT2D eigenvalue weighted by Crippen LogP contribution is -2.13. The van der Waals surface area contributed by atoms with E-state index < -0.39 is 0 Å². The van der Waals surface area contributed by atoms with E-state index in [4.69, 9.17) is 17.3 Å². The van der Waals surface area contributed by atoms with Crippen LogP contribution in [0, 0.1) is 11.8 Å². The second-order valence-electron chi connectivity index (χ2n) is 3.87. The summed E-state index contributed by atoms with van der Waals surface area (Å²) in [5, 5.41) is 3.15. The first-order valence-corrected chi connectivity index (χ1v) is 6.29. The Labute approximate surface area is 122 Å². The number of halogens is 1. The molecule has 5 heteroatoms. The van der Waals surface area contributed by atoms with Crippen molar-refractivity contribution in [3.63, 3.8) is 0 Å². The number of aromatic nitrogens is 1. The lowest BCUT2D eigenvalue weighted by atomic mass is 10.2. The standard InChI is InChI=1S/C15H12ClN3O/c16-12-7-6-11(4-3-8-17)10-14(12)19-15(20)13-5-1-2-9-18-13/h1-2,5-7,9-10H,8,17H2,(H,19,20). The Kier molecular flexibility index (Phi) is 4.72. The molecule has 1 heterocycles. The molecule has 0 spiro atoms. The molecule has 2 aromatic rings. The fourth-order valence-electron chi connectivity index (χ4n) is 1.54. The number of carbonyl (C=O) groups excluding carboxylic acids is 1. The molecule has 0 bridgehead atoms. The Morgan fingerprint density at radius 3 is 2.90 bits per heavy atom.